The monoisotopic (exact) mass is 410 g/mol. The van der Waals surface area contributed by atoms with Crippen LogP contribution in [0.2, 0.25) is 0 Å². The summed E-state index contributed by atoms with van der Waals surface area (Å²) >= 11 is 0. The van der Waals surface area contributed by atoms with E-state index in [9.17, 15) is 4.79 Å². The number of pyridine rings is 2. The molecule has 6 heteroatoms. The van der Waals surface area contributed by atoms with Crippen molar-refractivity contribution in [1.82, 2.24) is 19.9 Å². The Morgan fingerprint density at radius 3 is 2.84 bits per heavy atom. The van der Waals surface area contributed by atoms with Crippen molar-refractivity contribution in [2.24, 2.45) is 0 Å². The van der Waals surface area contributed by atoms with Crippen LogP contribution >= 0.6 is 0 Å². The molecule has 1 amide bonds. The summed E-state index contributed by atoms with van der Waals surface area (Å²) in [4.78, 5) is 26.1. The van der Waals surface area contributed by atoms with Gasteiger partial charge in [-0.1, -0.05) is 36.9 Å². The summed E-state index contributed by atoms with van der Waals surface area (Å²) in [7, 11) is 0. The molecule has 1 atom stereocenters. The van der Waals surface area contributed by atoms with Gasteiger partial charge >= 0.3 is 0 Å². The van der Waals surface area contributed by atoms with Gasteiger partial charge in [-0.3, -0.25) is 14.8 Å². The molecule has 0 spiro atoms. The molecular weight excluding hydrogens is 388 g/mol. The van der Waals surface area contributed by atoms with Crippen LogP contribution in [0.1, 0.15) is 6.42 Å². The van der Waals surface area contributed by atoms with Crippen molar-refractivity contribution in [2.75, 3.05) is 13.2 Å². The molecule has 0 saturated carbocycles. The molecule has 1 N–H and O–H groups in total. The van der Waals surface area contributed by atoms with Crippen LogP contribution in [0.3, 0.4) is 0 Å². The van der Waals surface area contributed by atoms with Gasteiger partial charge in [-0.05, 0) is 36.3 Å². The number of aromatic amines is 1. The predicted octanol–water partition coefficient (Wildman–Crippen LogP) is 4.46. The second-order valence-electron chi connectivity index (χ2n) is 7.50. The number of amides is 1. The van der Waals surface area contributed by atoms with E-state index < -0.39 is 0 Å². The van der Waals surface area contributed by atoms with E-state index >= 15 is 0 Å². The fourth-order valence-electron chi connectivity index (χ4n) is 4.02. The third-order valence-electron chi connectivity index (χ3n) is 5.70. The number of fused-ring (bicyclic) bond motifs is 1. The first-order chi connectivity index (χ1) is 15.3. The first-order valence-corrected chi connectivity index (χ1v) is 10.3. The van der Waals surface area contributed by atoms with E-state index in [4.69, 9.17) is 4.74 Å². The van der Waals surface area contributed by atoms with Crippen LogP contribution in [0.5, 0.6) is 5.75 Å². The topological polar surface area (TPSA) is 71.1 Å². The molecule has 1 fully saturated rings. The number of likely N-dealkylation sites (tertiary alicyclic amines) is 1. The highest BCUT2D eigenvalue weighted by atomic mass is 16.5. The van der Waals surface area contributed by atoms with Gasteiger partial charge in [-0.25, -0.2) is 0 Å². The average molecular weight is 410 g/mol. The van der Waals surface area contributed by atoms with Gasteiger partial charge < -0.3 is 14.6 Å². The Morgan fingerprint density at radius 2 is 2.06 bits per heavy atom. The Labute approximate surface area is 180 Å². The van der Waals surface area contributed by atoms with Gasteiger partial charge in [0.2, 0.25) is 5.91 Å². The van der Waals surface area contributed by atoms with Crippen LogP contribution in [-0.4, -0.2) is 45.0 Å². The van der Waals surface area contributed by atoms with E-state index in [1.807, 2.05) is 36.4 Å². The number of ether oxygens (including phenoxy) is 1. The van der Waals surface area contributed by atoms with Crippen molar-refractivity contribution < 1.29 is 9.53 Å². The van der Waals surface area contributed by atoms with Crippen molar-refractivity contribution in [2.45, 2.75) is 12.5 Å². The number of hydrogen-bond donors (Lipinski definition) is 1. The SMILES string of the molecule is C=CC(=O)N1CCC1COc1cnccc1-c1[nH]c2cccnc2c1-c1ccccc1. The lowest BCUT2D eigenvalue weighted by molar-refractivity contribution is -0.134. The minimum atomic E-state index is -0.0562. The second kappa shape index (κ2) is 8.07. The summed E-state index contributed by atoms with van der Waals surface area (Å²) in [6.07, 6.45) is 7.55. The standard InChI is InChI=1S/C25H22N4O2/c1-2-22(30)29-14-11-18(29)16-31-21-15-26-13-10-19(21)24-23(17-7-4-3-5-8-17)25-20(28-24)9-6-12-27-25/h2-10,12-13,15,18,28H,1,11,14,16H2. The molecule has 31 heavy (non-hydrogen) atoms. The van der Waals surface area contributed by atoms with E-state index in [0.717, 1.165) is 46.4 Å². The van der Waals surface area contributed by atoms with Crippen molar-refractivity contribution in [3.8, 4) is 28.1 Å². The second-order valence-corrected chi connectivity index (χ2v) is 7.50. The van der Waals surface area contributed by atoms with E-state index in [0.29, 0.717) is 12.4 Å². The molecule has 3 aromatic heterocycles. The van der Waals surface area contributed by atoms with Gasteiger partial charge in [0, 0.05) is 30.1 Å². The van der Waals surface area contributed by atoms with Crippen LogP contribution in [0.15, 0.2) is 79.8 Å². The van der Waals surface area contributed by atoms with Crippen molar-refractivity contribution in [3.63, 3.8) is 0 Å². The maximum absolute atomic E-state index is 11.9. The van der Waals surface area contributed by atoms with Crippen LogP contribution in [-0.2, 0) is 4.79 Å². The Morgan fingerprint density at radius 1 is 1.19 bits per heavy atom. The molecular formula is C25H22N4O2. The number of rotatable bonds is 6. The highest BCUT2D eigenvalue weighted by Crippen LogP contribution is 2.40. The van der Waals surface area contributed by atoms with E-state index in [-0.39, 0.29) is 11.9 Å². The fourth-order valence-corrected chi connectivity index (χ4v) is 4.02. The molecule has 0 radical (unpaired) electrons. The molecule has 1 aliphatic rings. The van der Waals surface area contributed by atoms with Gasteiger partial charge in [0.1, 0.15) is 12.4 Å². The molecule has 1 aliphatic heterocycles. The summed E-state index contributed by atoms with van der Waals surface area (Å²) in [6, 6.07) is 16.1. The van der Waals surface area contributed by atoms with E-state index in [1.54, 1.807) is 23.5 Å². The zero-order chi connectivity index (χ0) is 21.2. The lowest BCUT2D eigenvalue weighted by Crippen LogP contribution is -2.53. The fraction of sp³-hybridized carbons (Fsp3) is 0.160. The van der Waals surface area contributed by atoms with Gasteiger partial charge in [-0.2, -0.15) is 0 Å². The van der Waals surface area contributed by atoms with Gasteiger partial charge in [0.25, 0.3) is 0 Å². The molecule has 1 saturated heterocycles. The normalized spacial score (nSPS) is 15.5. The van der Waals surface area contributed by atoms with Crippen molar-refractivity contribution in [1.29, 1.82) is 0 Å². The number of H-pyrrole nitrogens is 1. The minimum absolute atomic E-state index is 0.0523. The molecule has 0 aliphatic carbocycles. The maximum atomic E-state index is 11.9. The number of nitrogens with zero attached hydrogens (tertiary/aromatic N) is 3. The lowest BCUT2D eigenvalue weighted by Gasteiger charge is -2.40. The first kappa shape index (κ1) is 19.1. The number of carbonyl (C=O) groups is 1. The maximum Gasteiger partial charge on any atom is 0.246 e. The van der Waals surface area contributed by atoms with Crippen molar-refractivity contribution in [3.05, 3.63) is 79.8 Å². The summed E-state index contributed by atoms with van der Waals surface area (Å²) in [5.74, 6) is 0.614. The molecule has 5 rings (SSSR count). The van der Waals surface area contributed by atoms with Crippen LogP contribution in [0, 0.1) is 0 Å². The zero-order valence-electron chi connectivity index (χ0n) is 17.0. The Hall–Kier alpha value is -3.93. The van der Waals surface area contributed by atoms with Crippen LogP contribution in [0.4, 0.5) is 0 Å². The summed E-state index contributed by atoms with van der Waals surface area (Å²) in [5, 5.41) is 0. The number of aromatic nitrogens is 3. The predicted molar refractivity (Wildman–Crippen MR) is 121 cm³/mol. The highest BCUT2D eigenvalue weighted by molar-refractivity contribution is 6.02. The number of hydrogen-bond acceptors (Lipinski definition) is 4. The molecule has 4 aromatic rings. The summed E-state index contributed by atoms with van der Waals surface area (Å²) < 4.78 is 6.18. The molecule has 154 valence electrons. The Bertz CT molecular complexity index is 1250. The molecule has 1 unspecified atom stereocenters. The number of benzene rings is 1. The van der Waals surface area contributed by atoms with Gasteiger partial charge in [-0.15, -0.1) is 0 Å². The van der Waals surface area contributed by atoms with E-state index in [2.05, 4.69) is 33.7 Å². The minimum Gasteiger partial charge on any atom is -0.489 e. The first-order valence-electron chi connectivity index (χ1n) is 10.3. The van der Waals surface area contributed by atoms with Gasteiger partial charge in [0.15, 0.2) is 0 Å². The number of carbonyl (C=O) groups excluding carboxylic acids is 1. The number of nitrogens with one attached hydrogen (secondary N) is 1. The third-order valence-corrected chi connectivity index (χ3v) is 5.70. The third kappa shape index (κ3) is 3.46. The molecule has 0 bridgehead atoms. The van der Waals surface area contributed by atoms with Crippen LogP contribution < -0.4 is 4.74 Å². The lowest BCUT2D eigenvalue weighted by atomic mass is 10.0. The summed E-state index contributed by atoms with van der Waals surface area (Å²) in [5.41, 5.74) is 5.82. The van der Waals surface area contributed by atoms with Gasteiger partial charge in [0.05, 0.1) is 29.0 Å². The Balaban J connectivity index is 1.53. The largest absolute Gasteiger partial charge is 0.489 e. The quantitative estimate of drug-likeness (QED) is 0.477. The van der Waals surface area contributed by atoms with E-state index in [1.165, 1.54) is 6.08 Å². The zero-order valence-corrected chi connectivity index (χ0v) is 17.0. The molecule has 6 nitrogen and oxygen atoms in total. The Kier molecular flexibility index (Phi) is 4.96. The average Bonchev–Trinajstić information content (AvgIpc) is 3.18. The summed E-state index contributed by atoms with van der Waals surface area (Å²) in [6.45, 7) is 4.73. The highest BCUT2D eigenvalue weighted by Gasteiger charge is 2.31. The van der Waals surface area contributed by atoms with Crippen LogP contribution in [0.25, 0.3) is 33.4 Å². The smallest absolute Gasteiger partial charge is 0.246 e. The van der Waals surface area contributed by atoms with Crippen molar-refractivity contribution >= 4 is 16.9 Å². The molecule has 4 heterocycles. The molecule has 1 aromatic carbocycles.